The van der Waals surface area contributed by atoms with E-state index >= 15 is 0 Å². The fourth-order valence-corrected chi connectivity index (χ4v) is 3.29. The Bertz CT molecular complexity index is 662. The van der Waals surface area contributed by atoms with Crippen LogP contribution in [0.25, 0.3) is 0 Å². The summed E-state index contributed by atoms with van der Waals surface area (Å²) < 4.78 is 0. The van der Waals surface area contributed by atoms with Crippen LogP contribution in [0.5, 0.6) is 0 Å². The highest BCUT2D eigenvalue weighted by molar-refractivity contribution is 7.99. The van der Waals surface area contributed by atoms with Gasteiger partial charge in [-0.15, -0.1) is 11.8 Å². The van der Waals surface area contributed by atoms with Crippen molar-refractivity contribution >= 4 is 23.4 Å². The molecule has 2 nitrogen and oxygen atoms in total. The number of aryl methyl sites for hydroxylation is 2. The molecule has 1 N–H and O–H groups in total. The van der Waals surface area contributed by atoms with E-state index in [1.807, 2.05) is 19.1 Å². The number of para-hydroxylation sites is 1. The van der Waals surface area contributed by atoms with Gasteiger partial charge >= 0.3 is 0 Å². The summed E-state index contributed by atoms with van der Waals surface area (Å²) >= 11 is 1.72. The van der Waals surface area contributed by atoms with Gasteiger partial charge in [0, 0.05) is 22.8 Å². The highest BCUT2D eigenvalue weighted by Gasteiger charge is 2.11. The van der Waals surface area contributed by atoms with Crippen molar-refractivity contribution in [3.8, 4) is 0 Å². The summed E-state index contributed by atoms with van der Waals surface area (Å²) in [6.07, 6.45) is 0.518. The van der Waals surface area contributed by atoms with Gasteiger partial charge < -0.3 is 5.32 Å². The predicted octanol–water partition coefficient (Wildman–Crippen LogP) is 5.55. The Labute approximate surface area is 143 Å². The molecule has 0 aromatic heterocycles. The maximum atomic E-state index is 12.3. The van der Waals surface area contributed by atoms with Gasteiger partial charge in [0.1, 0.15) is 0 Å². The number of rotatable bonds is 6. The van der Waals surface area contributed by atoms with Gasteiger partial charge in [-0.05, 0) is 43.0 Å². The molecule has 2 aromatic rings. The molecule has 23 heavy (non-hydrogen) atoms. The second-order valence-corrected chi connectivity index (χ2v) is 7.32. The smallest absolute Gasteiger partial charge is 0.225 e. The van der Waals surface area contributed by atoms with Crippen molar-refractivity contribution in [2.45, 2.75) is 44.9 Å². The molecule has 0 bridgehead atoms. The van der Waals surface area contributed by atoms with Crippen LogP contribution >= 0.6 is 11.8 Å². The zero-order chi connectivity index (χ0) is 16.8. The van der Waals surface area contributed by atoms with Crippen LogP contribution in [0.4, 0.5) is 5.69 Å². The lowest BCUT2D eigenvalue weighted by molar-refractivity contribution is -0.115. The van der Waals surface area contributed by atoms with Crippen molar-refractivity contribution in [2.24, 2.45) is 0 Å². The van der Waals surface area contributed by atoms with Crippen LogP contribution in [0.1, 0.15) is 42.9 Å². The zero-order valence-electron chi connectivity index (χ0n) is 14.3. The van der Waals surface area contributed by atoms with E-state index in [4.69, 9.17) is 0 Å². The molecule has 0 radical (unpaired) electrons. The van der Waals surface area contributed by atoms with Crippen LogP contribution < -0.4 is 5.32 Å². The number of carbonyl (C=O) groups excluding carboxylic acids is 1. The Morgan fingerprint density at radius 3 is 2.43 bits per heavy atom. The summed E-state index contributed by atoms with van der Waals surface area (Å²) in [5.41, 5.74) is 4.56. The number of carbonyl (C=O) groups is 1. The van der Waals surface area contributed by atoms with E-state index in [0.717, 1.165) is 17.0 Å². The Morgan fingerprint density at radius 2 is 1.78 bits per heavy atom. The van der Waals surface area contributed by atoms with Crippen LogP contribution in [0.15, 0.2) is 47.4 Å². The van der Waals surface area contributed by atoms with Crippen molar-refractivity contribution in [1.82, 2.24) is 0 Å². The van der Waals surface area contributed by atoms with Gasteiger partial charge in [-0.1, -0.05) is 49.7 Å². The van der Waals surface area contributed by atoms with Gasteiger partial charge in [0.25, 0.3) is 0 Å². The normalized spacial score (nSPS) is 10.8. The van der Waals surface area contributed by atoms with E-state index < -0.39 is 0 Å². The maximum absolute atomic E-state index is 12.3. The fraction of sp³-hybridized carbons (Fsp3) is 0.350. The molecule has 2 rings (SSSR count). The minimum atomic E-state index is 0.0841. The topological polar surface area (TPSA) is 29.1 Å². The van der Waals surface area contributed by atoms with Gasteiger partial charge in [-0.3, -0.25) is 4.79 Å². The molecule has 1 amide bonds. The van der Waals surface area contributed by atoms with Crippen LogP contribution in [-0.4, -0.2) is 11.7 Å². The molecule has 0 fully saturated rings. The molecule has 0 aliphatic rings. The van der Waals surface area contributed by atoms with E-state index in [1.54, 1.807) is 11.8 Å². The molecule has 122 valence electrons. The van der Waals surface area contributed by atoms with Crippen molar-refractivity contribution < 1.29 is 4.79 Å². The average Bonchev–Trinajstić information content (AvgIpc) is 2.51. The third-order valence-electron chi connectivity index (χ3n) is 3.81. The average molecular weight is 327 g/mol. The third kappa shape index (κ3) is 5.14. The molecule has 0 atom stereocenters. The van der Waals surface area contributed by atoms with Gasteiger partial charge in [0.05, 0.1) is 0 Å². The summed E-state index contributed by atoms with van der Waals surface area (Å²) in [5, 5.41) is 3.10. The van der Waals surface area contributed by atoms with E-state index in [2.05, 4.69) is 56.4 Å². The predicted molar refractivity (Wildman–Crippen MR) is 100 cm³/mol. The van der Waals surface area contributed by atoms with E-state index in [9.17, 15) is 4.79 Å². The lowest BCUT2D eigenvalue weighted by Crippen LogP contribution is -2.15. The molecular formula is C20H25NOS. The van der Waals surface area contributed by atoms with Crippen molar-refractivity contribution in [1.29, 1.82) is 0 Å². The summed E-state index contributed by atoms with van der Waals surface area (Å²) in [6, 6.07) is 14.6. The number of amides is 1. The summed E-state index contributed by atoms with van der Waals surface area (Å²) in [7, 11) is 0. The number of hydrogen-bond donors (Lipinski definition) is 1. The Balaban J connectivity index is 1.91. The van der Waals surface area contributed by atoms with Gasteiger partial charge in [-0.25, -0.2) is 0 Å². The Morgan fingerprint density at radius 1 is 1.09 bits per heavy atom. The molecule has 0 saturated heterocycles. The van der Waals surface area contributed by atoms with Crippen LogP contribution in [-0.2, 0) is 4.79 Å². The Hall–Kier alpha value is -1.74. The minimum Gasteiger partial charge on any atom is -0.326 e. The molecule has 0 saturated carbocycles. The first-order chi connectivity index (χ1) is 11.0. The highest BCUT2D eigenvalue weighted by atomic mass is 32.2. The van der Waals surface area contributed by atoms with Crippen LogP contribution in [0, 0.1) is 13.8 Å². The molecule has 3 heteroatoms. The van der Waals surface area contributed by atoms with Crippen LogP contribution in [0.2, 0.25) is 0 Å². The zero-order valence-corrected chi connectivity index (χ0v) is 15.2. The van der Waals surface area contributed by atoms with Crippen molar-refractivity contribution in [2.75, 3.05) is 11.1 Å². The molecule has 0 aliphatic heterocycles. The summed E-state index contributed by atoms with van der Waals surface area (Å²) in [5.74, 6) is 1.27. The molecule has 0 aliphatic carbocycles. The first-order valence-electron chi connectivity index (χ1n) is 8.06. The number of anilines is 1. The summed E-state index contributed by atoms with van der Waals surface area (Å²) in [4.78, 5) is 13.5. The third-order valence-corrected chi connectivity index (χ3v) is 4.82. The lowest BCUT2D eigenvalue weighted by Gasteiger charge is -2.16. The van der Waals surface area contributed by atoms with Gasteiger partial charge in [-0.2, -0.15) is 0 Å². The standard InChI is InChI=1S/C20H25NOS/c1-14(2)18-7-5-6-16(4)20(18)21-19(22)12-13-23-17-10-8-15(3)9-11-17/h5-11,14H,12-13H2,1-4H3,(H,21,22). The monoisotopic (exact) mass is 327 g/mol. The molecule has 0 heterocycles. The first-order valence-corrected chi connectivity index (χ1v) is 9.04. The number of hydrogen-bond acceptors (Lipinski definition) is 2. The van der Waals surface area contributed by atoms with E-state index in [0.29, 0.717) is 12.3 Å². The lowest BCUT2D eigenvalue weighted by atomic mass is 9.98. The van der Waals surface area contributed by atoms with Gasteiger partial charge in [0.15, 0.2) is 0 Å². The highest BCUT2D eigenvalue weighted by Crippen LogP contribution is 2.27. The Kier molecular flexibility index (Phi) is 6.28. The molecule has 0 spiro atoms. The number of thioether (sulfide) groups is 1. The van der Waals surface area contributed by atoms with Gasteiger partial charge in [0.2, 0.25) is 5.91 Å². The van der Waals surface area contributed by atoms with E-state index in [-0.39, 0.29) is 5.91 Å². The quantitative estimate of drug-likeness (QED) is 0.705. The second-order valence-electron chi connectivity index (χ2n) is 6.15. The largest absolute Gasteiger partial charge is 0.326 e. The SMILES string of the molecule is Cc1ccc(SCCC(=O)Nc2c(C)cccc2C(C)C)cc1. The number of nitrogens with one attached hydrogen (secondary N) is 1. The minimum absolute atomic E-state index is 0.0841. The molecule has 2 aromatic carbocycles. The second kappa shape index (κ2) is 8.21. The molecular weight excluding hydrogens is 302 g/mol. The fourth-order valence-electron chi connectivity index (χ4n) is 2.44. The first kappa shape index (κ1) is 17.6. The molecule has 0 unspecified atom stereocenters. The summed E-state index contributed by atoms with van der Waals surface area (Å²) in [6.45, 7) is 8.42. The van der Waals surface area contributed by atoms with Crippen molar-refractivity contribution in [3.63, 3.8) is 0 Å². The number of benzene rings is 2. The maximum Gasteiger partial charge on any atom is 0.225 e. The van der Waals surface area contributed by atoms with Crippen molar-refractivity contribution in [3.05, 3.63) is 59.2 Å². The van der Waals surface area contributed by atoms with E-state index in [1.165, 1.54) is 16.0 Å². The van der Waals surface area contributed by atoms with Crippen LogP contribution in [0.3, 0.4) is 0 Å².